The molecule has 0 heterocycles. The highest BCUT2D eigenvalue weighted by molar-refractivity contribution is 5.97. The predicted molar refractivity (Wildman–Crippen MR) is 70.3 cm³/mol. The minimum Gasteiger partial charge on any atom is -0.507 e. The van der Waals surface area contributed by atoms with Crippen molar-refractivity contribution in [2.75, 3.05) is 5.32 Å². The van der Waals surface area contributed by atoms with Crippen molar-refractivity contribution in [2.24, 2.45) is 5.84 Å². The minimum atomic E-state index is -0.486. The summed E-state index contributed by atoms with van der Waals surface area (Å²) < 4.78 is 0. The molecule has 1 amide bonds. The van der Waals surface area contributed by atoms with Gasteiger partial charge in [-0.1, -0.05) is 19.3 Å². The SMILES string of the molecule is NNC(=O)c1cc(NC2CCCCC2)ccc1O. The molecule has 1 aromatic rings. The third-order valence-electron chi connectivity index (χ3n) is 3.35. The molecule has 5 nitrogen and oxygen atoms in total. The van der Waals surface area contributed by atoms with Crippen molar-refractivity contribution in [3.63, 3.8) is 0 Å². The number of carbonyl (C=O) groups excluding carboxylic acids is 1. The average molecular weight is 249 g/mol. The van der Waals surface area contributed by atoms with E-state index in [1.54, 1.807) is 12.1 Å². The fraction of sp³-hybridized carbons (Fsp3) is 0.462. The quantitative estimate of drug-likeness (QED) is 0.284. The van der Waals surface area contributed by atoms with Crippen LogP contribution in [0, 0.1) is 0 Å². The summed E-state index contributed by atoms with van der Waals surface area (Å²) in [5.74, 6) is 4.53. The van der Waals surface area contributed by atoms with E-state index in [1.807, 2.05) is 5.43 Å². The Kier molecular flexibility index (Phi) is 4.04. The highest BCUT2D eigenvalue weighted by atomic mass is 16.3. The van der Waals surface area contributed by atoms with Gasteiger partial charge in [-0.2, -0.15) is 0 Å². The molecule has 1 aliphatic carbocycles. The minimum absolute atomic E-state index is 0.0628. The van der Waals surface area contributed by atoms with Crippen LogP contribution in [0.2, 0.25) is 0 Å². The fourth-order valence-corrected chi connectivity index (χ4v) is 2.37. The molecule has 0 radical (unpaired) electrons. The maximum atomic E-state index is 11.5. The molecule has 1 saturated carbocycles. The van der Waals surface area contributed by atoms with Crippen LogP contribution in [-0.2, 0) is 0 Å². The number of benzene rings is 1. The number of hydrogen-bond donors (Lipinski definition) is 4. The zero-order valence-corrected chi connectivity index (χ0v) is 10.3. The van der Waals surface area contributed by atoms with Crippen LogP contribution < -0.4 is 16.6 Å². The van der Waals surface area contributed by atoms with Gasteiger partial charge in [0.2, 0.25) is 0 Å². The second-order valence-electron chi connectivity index (χ2n) is 4.68. The van der Waals surface area contributed by atoms with Gasteiger partial charge in [-0.15, -0.1) is 0 Å². The van der Waals surface area contributed by atoms with Crippen LogP contribution in [0.5, 0.6) is 5.75 Å². The van der Waals surface area contributed by atoms with Crippen molar-refractivity contribution in [3.05, 3.63) is 23.8 Å². The molecule has 0 bridgehead atoms. The third-order valence-corrected chi connectivity index (χ3v) is 3.35. The number of nitrogen functional groups attached to an aromatic ring is 1. The lowest BCUT2D eigenvalue weighted by Gasteiger charge is -2.24. The first-order valence-electron chi connectivity index (χ1n) is 6.31. The van der Waals surface area contributed by atoms with E-state index in [2.05, 4.69) is 5.32 Å². The van der Waals surface area contributed by atoms with Crippen molar-refractivity contribution in [1.29, 1.82) is 0 Å². The van der Waals surface area contributed by atoms with Crippen LogP contribution >= 0.6 is 0 Å². The summed E-state index contributed by atoms with van der Waals surface area (Å²) >= 11 is 0. The first-order chi connectivity index (χ1) is 8.70. The summed E-state index contributed by atoms with van der Waals surface area (Å²) in [5, 5.41) is 13.0. The number of phenols is 1. The zero-order chi connectivity index (χ0) is 13.0. The molecule has 18 heavy (non-hydrogen) atoms. The summed E-state index contributed by atoms with van der Waals surface area (Å²) in [6.07, 6.45) is 6.09. The van der Waals surface area contributed by atoms with Crippen LogP contribution in [0.4, 0.5) is 5.69 Å². The van der Waals surface area contributed by atoms with Gasteiger partial charge in [-0.3, -0.25) is 10.2 Å². The Morgan fingerprint density at radius 3 is 2.67 bits per heavy atom. The molecule has 0 spiro atoms. The lowest BCUT2D eigenvalue weighted by Crippen LogP contribution is -2.30. The van der Waals surface area contributed by atoms with Gasteiger partial charge in [0.05, 0.1) is 5.56 Å². The van der Waals surface area contributed by atoms with Gasteiger partial charge < -0.3 is 10.4 Å². The van der Waals surface area contributed by atoms with Gasteiger partial charge in [0.1, 0.15) is 5.75 Å². The fourth-order valence-electron chi connectivity index (χ4n) is 2.37. The largest absolute Gasteiger partial charge is 0.507 e. The number of hydrazine groups is 1. The Morgan fingerprint density at radius 2 is 2.00 bits per heavy atom. The van der Waals surface area contributed by atoms with Crippen LogP contribution in [0.25, 0.3) is 0 Å². The Hall–Kier alpha value is -1.75. The van der Waals surface area contributed by atoms with Crippen molar-refractivity contribution in [1.82, 2.24) is 5.43 Å². The standard InChI is InChI=1S/C13H19N3O2/c14-16-13(18)11-8-10(6-7-12(11)17)15-9-4-2-1-3-5-9/h6-9,15,17H,1-5,14H2,(H,16,18). The number of rotatable bonds is 3. The highest BCUT2D eigenvalue weighted by Crippen LogP contribution is 2.25. The van der Waals surface area contributed by atoms with Crippen molar-refractivity contribution >= 4 is 11.6 Å². The van der Waals surface area contributed by atoms with E-state index in [-0.39, 0.29) is 11.3 Å². The van der Waals surface area contributed by atoms with Gasteiger partial charge in [-0.25, -0.2) is 5.84 Å². The molecule has 0 aromatic heterocycles. The molecule has 0 saturated heterocycles. The molecule has 0 unspecified atom stereocenters. The molecule has 0 aliphatic heterocycles. The molecule has 1 aromatic carbocycles. The maximum Gasteiger partial charge on any atom is 0.269 e. The molecule has 98 valence electrons. The number of phenolic OH excluding ortho intramolecular Hbond substituents is 1. The topological polar surface area (TPSA) is 87.4 Å². The molecular weight excluding hydrogens is 230 g/mol. The second-order valence-corrected chi connectivity index (χ2v) is 4.68. The molecule has 5 heteroatoms. The number of carbonyl (C=O) groups is 1. The normalized spacial score (nSPS) is 16.3. The van der Waals surface area contributed by atoms with E-state index in [0.29, 0.717) is 6.04 Å². The Bertz CT molecular complexity index is 428. The van der Waals surface area contributed by atoms with E-state index < -0.39 is 5.91 Å². The highest BCUT2D eigenvalue weighted by Gasteiger charge is 2.15. The van der Waals surface area contributed by atoms with E-state index >= 15 is 0 Å². The molecule has 1 aliphatic rings. The average Bonchev–Trinajstić information content (AvgIpc) is 2.41. The van der Waals surface area contributed by atoms with Gasteiger partial charge in [0.15, 0.2) is 0 Å². The first kappa shape index (κ1) is 12.7. The van der Waals surface area contributed by atoms with Gasteiger partial charge in [0, 0.05) is 11.7 Å². The molecule has 0 atom stereocenters. The van der Waals surface area contributed by atoms with Gasteiger partial charge in [0.25, 0.3) is 5.91 Å². The number of nitrogens with two attached hydrogens (primary N) is 1. The van der Waals surface area contributed by atoms with Gasteiger partial charge >= 0.3 is 0 Å². The summed E-state index contributed by atoms with van der Waals surface area (Å²) in [5.41, 5.74) is 3.06. The van der Waals surface area contributed by atoms with E-state index in [9.17, 15) is 9.90 Å². The number of nitrogens with one attached hydrogen (secondary N) is 2. The zero-order valence-electron chi connectivity index (χ0n) is 10.3. The van der Waals surface area contributed by atoms with Crippen LogP contribution in [0.3, 0.4) is 0 Å². The van der Waals surface area contributed by atoms with Crippen molar-refractivity contribution in [3.8, 4) is 5.75 Å². The summed E-state index contributed by atoms with van der Waals surface area (Å²) in [4.78, 5) is 11.5. The Labute approximate surface area is 106 Å². The smallest absolute Gasteiger partial charge is 0.269 e. The lowest BCUT2D eigenvalue weighted by molar-refractivity contribution is 0.0951. The maximum absolute atomic E-state index is 11.5. The van der Waals surface area contributed by atoms with Crippen LogP contribution in [-0.4, -0.2) is 17.1 Å². The molecular formula is C13H19N3O2. The first-order valence-corrected chi connectivity index (χ1v) is 6.31. The third kappa shape index (κ3) is 2.92. The lowest BCUT2D eigenvalue weighted by atomic mass is 9.95. The molecule has 5 N–H and O–H groups in total. The van der Waals surface area contributed by atoms with E-state index in [4.69, 9.17) is 5.84 Å². The van der Waals surface area contributed by atoms with Crippen molar-refractivity contribution < 1.29 is 9.90 Å². The monoisotopic (exact) mass is 249 g/mol. The summed E-state index contributed by atoms with van der Waals surface area (Å²) in [6.45, 7) is 0. The summed E-state index contributed by atoms with van der Waals surface area (Å²) in [7, 11) is 0. The predicted octanol–water partition coefficient (Wildman–Crippen LogP) is 1.74. The molecule has 2 rings (SSSR count). The van der Waals surface area contributed by atoms with Crippen molar-refractivity contribution in [2.45, 2.75) is 38.1 Å². The second kappa shape index (κ2) is 5.73. The van der Waals surface area contributed by atoms with Gasteiger partial charge in [-0.05, 0) is 31.0 Å². The number of aromatic hydroxyl groups is 1. The Morgan fingerprint density at radius 1 is 1.28 bits per heavy atom. The van der Waals surface area contributed by atoms with E-state index in [1.165, 1.54) is 25.3 Å². The summed E-state index contributed by atoms with van der Waals surface area (Å²) in [6, 6.07) is 5.37. The number of anilines is 1. The van der Waals surface area contributed by atoms with Crippen LogP contribution in [0.1, 0.15) is 42.5 Å². The Balaban J connectivity index is 2.11. The van der Waals surface area contributed by atoms with E-state index in [0.717, 1.165) is 18.5 Å². The number of amides is 1. The molecule has 1 fully saturated rings. The number of hydrogen-bond acceptors (Lipinski definition) is 4. The van der Waals surface area contributed by atoms with Crippen LogP contribution in [0.15, 0.2) is 18.2 Å².